The zero-order valence-corrected chi connectivity index (χ0v) is 9.97. The summed E-state index contributed by atoms with van der Waals surface area (Å²) in [5.74, 6) is 0.855. The van der Waals surface area contributed by atoms with Gasteiger partial charge in [0.25, 0.3) is 0 Å². The SMILES string of the molecule is CNC(C)C(C)=CC1CCCCCC1. The summed E-state index contributed by atoms with van der Waals surface area (Å²) in [6.45, 7) is 4.49. The van der Waals surface area contributed by atoms with Gasteiger partial charge in [-0.15, -0.1) is 0 Å². The molecule has 0 bridgehead atoms. The standard InChI is InChI=1S/C13H25N/c1-11(12(2)14-3)10-13-8-6-4-5-7-9-13/h10,12-14H,4-9H2,1-3H3. The molecule has 0 amide bonds. The van der Waals surface area contributed by atoms with Crippen LogP contribution >= 0.6 is 0 Å². The third-order valence-corrected chi connectivity index (χ3v) is 3.51. The molecule has 1 fully saturated rings. The van der Waals surface area contributed by atoms with Gasteiger partial charge < -0.3 is 5.32 Å². The van der Waals surface area contributed by atoms with Gasteiger partial charge in [0.15, 0.2) is 0 Å². The maximum absolute atomic E-state index is 3.30. The van der Waals surface area contributed by atoms with E-state index in [0.717, 1.165) is 5.92 Å². The summed E-state index contributed by atoms with van der Waals surface area (Å²) >= 11 is 0. The van der Waals surface area contributed by atoms with E-state index in [1.807, 2.05) is 7.05 Å². The lowest BCUT2D eigenvalue weighted by atomic mass is 9.96. The van der Waals surface area contributed by atoms with Gasteiger partial charge in [0.2, 0.25) is 0 Å². The average Bonchev–Trinajstić information content (AvgIpc) is 2.45. The molecule has 0 radical (unpaired) electrons. The fraction of sp³-hybridized carbons (Fsp3) is 0.846. The highest BCUT2D eigenvalue weighted by Gasteiger charge is 2.11. The van der Waals surface area contributed by atoms with E-state index in [9.17, 15) is 0 Å². The Morgan fingerprint density at radius 1 is 1.21 bits per heavy atom. The first-order valence-electron chi connectivity index (χ1n) is 6.09. The summed E-state index contributed by atoms with van der Waals surface area (Å²) < 4.78 is 0. The maximum Gasteiger partial charge on any atom is 0.0245 e. The second kappa shape index (κ2) is 6.23. The molecule has 0 aliphatic heterocycles. The van der Waals surface area contributed by atoms with Crippen LogP contribution in [0.25, 0.3) is 0 Å². The van der Waals surface area contributed by atoms with Crippen molar-refractivity contribution in [2.75, 3.05) is 7.05 Å². The minimum Gasteiger partial charge on any atom is -0.314 e. The summed E-state index contributed by atoms with van der Waals surface area (Å²) in [5, 5.41) is 3.30. The van der Waals surface area contributed by atoms with E-state index in [0.29, 0.717) is 6.04 Å². The summed E-state index contributed by atoms with van der Waals surface area (Å²) in [7, 11) is 2.04. The topological polar surface area (TPSA) is 12.0 Å². The molecule has 1 aliphatic carbocycles. The Kier molecular flexibility index (Phi) is 5.24. The second-order valence-electron chi connectivity index (χ2n) is 4.67. The lowest BCUT2D eigenvalue weighted by Crippen LogP contribution is -2.22. The van der Waals surface area contributed by atoms with Crippen molar-refractivity contribution < 1.29 is 0 Å². The molecule has 0 spiro atoms. The predicted octanol–water partition coefficient (Wildman–Crippen LogP) is 3.51. The van der Waals surface area contributed by atoms with Gasteiger partial charge >= 0.3 is 0 Å². The van der Waals surface area contributed by atoms with Crippen LogP contribution in [0.5, 0.6) is 0 Å². The van der Waals surface area contributed by atoms with Gasteiger partial charge in [0.05, 0.1) is 0 Å². The first-order chi connectivity index (χ1) is 6.74. The molecule has 1 nitrogen and oxygen atoms in total. The lowest BCUT2D eigenvalue weighted by molar-refractivity contribution is 0.548. The van der Waals surface area contributed by atoms with E-state index >= 15 is 0 Å². The highest BCUT2D eigenvalue weighted by Crippen LogP contribution is 2.25. The van der Waals surface area contributed by atoms with E-state index in [-0.39, 0.29) is 0 Å². The summed E-state index contributed by atoms with van der Waals surface area (Å²) in [6, 6.07) is 0.540. The average molecular weight is 195 g/mol. The number of allylic oxidation sites excluding steroid dienone is 1. The van der Waals surface area contributed by atoms with E-state index in [2.05, 4.69) is 25.2 Å². The number of nitrogens with one attached hydrogen (secondary N) is 1. The van der Waals surface area contributed by atoms with Crippen molar-refractivity contribution in [2.45, 2.75) is 58.4 Å². The van der Waals surface area contributed by atoms with Gasteiger partial charge in [-0.05, 0) is 39.7 Å². The third kappa shape index (κ3) is 3.83. The van der Waals surface area contributed by atoms with E-state index in [1.165, 1.54) is 44.1 Å². The Bertz CT molecular complexity index is 176. The molecule has 1 N–H and O–H groups in total. The van der Waals surface area contributed by atoms with Crippen molar-refractivity contribution in [3.8, 4) is 0 Å². The van der Waals surface area contributed by atoms with Gasteiger partial charge in [-0.1, -0.05) is 37.3 Å². The van der Waals surface area contributed by atoms with Gasteiger partial charge in [-0.2, -0.15) is 0 Å². The molecule has 1 atom stereocenters. The molecular weight excluding hydrogens is 170 g/mol. The lowest BCUT2D eigenvalue weighted by Gasteiger charge is -2.15. The molecule has 1 saturated carbocycles. The summed E-state index contributed by atoms with van der Waals surface area (Å²) in [5.41, 5.74) is 1.51. The molecular formula is C13H25N. The van der Waals surface area contributed by atoms with Crippen molar-refractivity contribution in [2.24, 2.45) is 5.92 Å². The van der Waals surface area contributed by atoms with E-state index in [4.69, 9.17) is 0 Å². The van der Waals surface area contributed by atoms with Gasteiger partial charge in [-0.25, -0.2) is 0 Å². The molecule has 1 rings (SSSR count). The molecule has 0 aromatic heterocycles. The van der Waals surface area contributed by atoms with E-state index in [1.54, 1.807) is 0 Å². The van der Waals surface area contributed by atoms with Crippen LogP contribution in [0.1, 0.15) is 52.4 Å². The normalized spacial score (nSPS) is 23.2. The highest BCUT2D eigenvalue weighted by atomic mass is 14.9. The fourth-order valence-corrected chi connectivity index (χ4v) is 2.22. The van der Waals surface area contributed by atoms with Crippen LogP contribution in [0.15, 0.2) is 11.6 Å². The van der Waals surface area contributed by atoms with Gasteiger partial charge in [0, 0.05) is 6.04 Å². The molecule has 1 heteroatoms. The molecule has 14 heavy (non-hydrogen) atoms. The zero-order chi connectivity index (χ0) is 10.4. The Balaban J connectivity index is 2.46. The number of likely N-dealkylation sites (N-methyl/N-ethyl adjacent to an activating group) is 1. The zero-order valence-electron chi connectivity index (χ0n) is 9.97. The van der Waals surface area contributed by atoms with Gasteiger partial charge in [0.1, 0.15) is 0 Å². The van der Waals surface area contributed by atoms with Crippen LogP contribution in [0.2, 0.25) is 0 Å². The molecule has 1 aliphatic rings. The van der Waals surface area contributed by atoms with Crippen LogP contribution in [0.4, 0.5) is 0 Å². The van der Waals surface area contributed by atoms with Crippen molar-refractivity contribution in [3.63, 3.8) is 0 Å². The van der Waals surface area contributed by atoms with Crippen LogP contribution in [-0.4, -0.2) is 13.1 Å². The maximum atomic E-state index is 3.30. The fourth-order valence-electron chi connectivity index (χ4n) is 2.22. The number of hydrogen-bond acceptors (Lipinski definition) is 1. The van der Waals surface area contributed by atoms with Crippen LogP contribution in [0, 0.1) is 5.92 Å². The highest BCUT2D eigenvalue weighted by molar-refractivity contribution is 5.08. The predicted molar refractivity (Wildman–Crippen MR) is 63.5 cm³/mol. The van der Waals surface area contributed by atoms with Crippen LogP contribution in [0.3, 0.4) is 0 Å². The van der Waals surface area contributed by atoms with Crippen molar-refractivity contribution in [3.05, 3.63) is 11.6 Å². The van der Waals surface area contributed by atoms with E-state index < -0.39 is 0 Å². The van der Waals surface area contributed by atoms with Crippen molar-refractivity contribution >= 4 is 0 Å². The third-order valence-electron chi connectivity index (χ3n) is 3.51. The smallest absolute Gasteiger partial charge is 0.0245 e. The largest absolute Gasteiger partial charge is 0.314 e. The van der Waals surface area contributed by atoms with Gasteiger partial charge in [-0.3, -0.25) is 0 Å². The van der Waals surface area contributed by atoms with Crippen LogP contribution < -0.4 is 5.32 Å². The van der Waals surface area contributed by atoms with Crippen molar-refractivity contribution in [1.82, 2.24) is 5.32 Å². The number of rotatable bonds is 3. The molecule has 1 unspecified atom stereocenters. The first-order valence-corrected chi connectivity index (χ1v) is 6.09. The Morgan fingerprint density at radius 3 is 2.29 bits per heavy atom. The monoisotopic (exact) mass is 195 g/mol. The second-order valence-corrected chi connectivity index (χ2v) is 4.67. The minimum atomic E-state index is 0.540. The quantitative estimate of drug-likeness (QED) is 0.537. The molecule has 0 heterocycles. The minimum absolute atomic E-state index is 0.540. The molecule has 0 aromatic rings. The number of hydrogen-bond donors (Lipinski definition) is 1. The molecule has 0 aromatic carbocycles. The van der Waals surface area contributed by atoms with Crippen LogP contribution in [-0.2, 0) is 0 Å². The molecule has 82 valence electrons. The van der Waals surface area contributed by atoms with Crippen molar-refractivity contribution in [1.29, 1.82) is 0 Å². The summed E-state index contributed by atoms with van der Waals surface area (Å²) in [4.78, 5) is 0. The Labute approximate surface area is 89.0 Å². The Hall–Kier alpha value is -0.300. The Morgan fingerprint density at radius 2 is 1.79 bits per heavy atom. The molecule has 0 saturated heterocycles. The summed E-state index contributed by atoms with van der Waals surface area (Å²) in [6.07, 6.45) is 11.1. The first kappa shape index (κ1) is 11.8.